The van der Waals surface area contributed by atoms with Crippen LogP contribution >= 0.6 is 11.6 Å². The van der Waals surface area contributed by atoms with Gasteiger partial charge in [0.1, 0.15) is 0 Å². The van der Waals surface area contributed by atoms with Gasteiger partial charge in [-0.1, -0.05) is 13.3 Å². The summed E-state index contributed by atoms with van der Waals surface area (Å²) in [4.78, 5) is 0. The van der Waals surface area contributed by atoms with Gasteiger partial charge in [-0.15, -0.1) is 11.6 Å². The van der Waals surface area contributed by atoms with Crippen molar-refractivity contribution in [3.63, 3.8) is 0 Å². The van der Waals surface area contributed by atoms with Gasteiger partial charge in [0.15, 0.2) is 0 Å². The SMILES string of the molecule is C1CCOCC1.CCCCCl. The van der Waals surface area contributed by atoms with Crippen molar-refractivity contribution >= 4 is 11.6 Å². The van der Waals surface area contributed by atoms with E-state index >= 15 is 0 Å². The summed E-state index contributed by atoms with van der Waals surface area (Å²) >= 11 is 5.30. The molecule has 0 aromatic rings. The van der Waals surface area contributed by atoms with Gasteiger partial charge in [0, 0.05) is 19.1 Å². The number of hydrogen-bond acceptors (Lipinski definition) is 1. The molecule has 1 aliphatic heterocycles. The third kappa shape index (κ3) is 10.2. The van der Waals surface area contributed by atoms with E-state index < -0.39 is 0 Å². The summed E-state index contributed by atoms with van der Waals surface area (Å²) in [5, 5.41) is 0. The zero-order chi connectivity index (χ0) is 8.36. The summed E-state index contributed by atoms with van der Waals surface area (Å²) in [5.74, 6) is 0.816. The molecule has 0 amide bonds. The van der Waals surface area contributed by atoms with Crippen LogP contribution in [0.25, 0.3) is 0 Å². The molecular formula is C9H19ClO. The van der Waals surface area contributed by atoms with Gasteiger partial charge in [0.25, 0.3) is 0 Å². The lowest BCUT2D eigenvalue weighted by atomic mass is 10.2. The number of ether oxygens (including phenoxy) is 1. The quantitative estimate of drug-likeness (QED) is 0.591. The molecule has 1 saturated heterocycles. The Morgan fingerprint density at radius 2 is 1.82 bits per heavy atom. The molecule has 0 unspecified atom stereocenters. The van der Waals surface area contributed by atoms with Crippen molar-refractivity contribution < 1.29 is 4.74 Å². The van der Waals surface area contributed by atoms with E-state index in [-0.39, 0.29) is 0 Å². The fourth-order valence-electron chi connectivity index (χ4n) is 0.821. The van der Waals surface area contributed by atoms with E-state index in [1.165, 1.54) is 25.7 Å². The molecule has 1 fully saturated rings. The highest BCUT2D eigenvalue weighted by Crippen LogP contribution is 2.02. The average Bonchev–Trinajstić information content (AvgIpc) is 2.10. The van der Waals surface area contributed by atoms with Crippen LogP contribution in [0.15, 0.2) is 0 Å². The van der Waals surface area contributed by atoms with E-state index in [4.69, 9.17) is 16.3 Å². The van der Waals surface area contributed by atoms with E-state index in [0.717, 1.165) is 25.5 Å². The lowest BCUT2D eigenvalue weighted by molar-refractivity contribution is 0.0968. The molecule has 0 bridgehead atoms. The van der Waals surface area contributed by atoms with Gasteiger partial charge in [-0.05, 0) is 25.7 Å². The molecule has 0 aromatic heterocycles. The summed E-state index contributed by atoms with van der Waals surface area (Å²) in [6.07, 6.45) is 6.30. The second-order valence-corrected chi connectivity index (χ2v) is 3.09. The molecule has 1 aliphatic rings. The highest BCUT2D eigenvalue weighted by molar-refractivity contribution is 6.17. The fourth-order valence-corrected chi connectivity index (χ4v) is 1.09. The summed E-state index contributed by atoms with van der Waals surface area (Å²) in [6.45, 7) is 4.13. The number of alkyl halides is 1. The first-order valence-corrected chi connectivity index (χ1v) is 5.09. The number of hydrogen-bond donors (Lipinski definition) is 0. The minimum Gasteiger partial charge on any atom is -0.381 e. The predicted molar refractivity (Wildman–Crippen MR) is 50.3 cm³/mol. The minimum atomic E-state index is 0.816. The van der Waals surface area contributed by atoms with E-state index in [1.54, 1.807) is 0 Å². The first kappa shape index (κ1) is 11.2. The van der Waals surface area contributed by atoms with Crippen molar-refractivity contribution in [2.75, 3.05) is 19.1 Å². The Bertz CT molecular complexity index is 49.1. The van der Waals surface area contributed by atoms with E-state index in [0.29, 0.717) is 0 Å². The molecule has 0 aromatic carbocycles. The first-order chi connectivity index (χ1) is 5.41. The van der Waals surface area contributed by atoms with Crippen molar-refractivity contribution in [2.24, 2.45) is 0 Å². The summed E-state index contributed by atoms with van der Waals surface area (Å²) < 4.78 is 5.07. The normalized spacial score (nSPS) is 16.9. The zero-order valence-electron chi connectivity index (χ0n) is 7.44. The van der Waals surface area contributed by atoms with Gasteiger partial charge >= 0.3 is 0 Å². The van der Waals surface area contributed by atoms with Crippen molar-refractivity contribution in [2.45, 2.75) is 39.0 Å². The fraction of sp³-hybridized carbons (Fsp3) is 1.00. The lowest BCUT2D eigenvalue weighted by Gasteiger charge is -2.08. The Balaban J connectivity index is 0.000000187. The van der Waals surface area contributed by atoms with Crippen molar-refractivity contribution in [3.8, 4) is 0 Å². The summed E-state index contributed by atoms with van der Waals surface area (Å²) in [6, 6.07) is 0. The Morgan fingerprint density at radius 3 is 1.91 bits per heavy atom. The van der Waals surface area contributed by atoms with Crippen LogP contribution in [-0.2, 0) is 4.74 Å². The molecule has 11 heavy (non-hydrogen) atoms. The van der Waals surface area contributed by atoms with Crippen LogP contribution in [0.3, 0.4) is 0 Å². The van der Waals surface area contributed by atoms with Crippen LogP contribution in [0.2, 0.25) is 0 Å². The van der Waals surface area contributed by atoms with Gasteiger partial charge in [-0.3, -0.25) is 0 Å². The van der Waals surface area contributed by atoms with Crippen LogP contribution in [0.1, 0.15) is 39.0 Å². The maximum Gasteiger partial charge on any atom is 0.0466 e. The molecule has 0 spiro atoms. The van der Waals surface area contributed by atoms with E-state index in [1.807, 2.05) is 0 Å². The number of rotatable bonds is 2. The molecule has 0 saturated carbocycles. The minimum absolute atomic E-state index is 0.816. The first-order valence-electron chi connectivity index (χ1n) is 4.55. The lowest BCUT2D eigenvalue weighted by Crippen LogP contribution is -2.03. The van der Waals surface area contributed by atoms with E-state index in [9.17, 15) is 0 Å². The standard InChI is InChI=1S/C5H10O.C4H9Cl/c1-2-4-6-5-3-1;1-2-3-4-5/h1-5H2;2-4H2,1H3. The molecule has 0 radical (unpaired) electrons. The molecule has 0 N–H and O–H groups in total. The van der Waals surface area contributed by atoms with Gasteiger partial charge in [0.05, 0.1) is 0 Å². The smallest absolute Gasteiger partial charge is 0.0466 e. The highest BCUT2D eigenvalue weighted by Gasteiger charge is 1.94. The molecular weight excluding hydrogens is 160 g/mol. The second-order valence-electron chi connectivity index (χ2n) is 2.72. The molecule has 1 nitrogen and oxygen atoms in total. The Kier molecular flexibility index (Phi) is 10.5. The molecule has 68 valence electrons. The van der Waals surface area contributed by atoms with Crippen LogP contribution in [0, 0.1) is 0 Å². The maximum absolute atomic E-state index is 5.30. The largest absolute Gasteiger partial charge is 0.381 e. The molecule has 0 atom stereocenters. The summed E-state index contributed by atoms with van der Waals surface area (Å²) in [5.41, 5.74) is 0. The third-order valence-electron chi connectivity index (χ3n) is 1.56. The molecule has 1 heterocycles. The van der Waals surface area contributed by atoms with Crippen LogP contribution in [-0.4, -0.2) is 19.1 Å². The molecule has 0 aliphatic carbocycles. The zero-order valence-corrected chi connectivity index (χ0v) is 8.20. The predicted octanol–water partition coefficient (Wildman–Crippen LogP) is 3.21. The van der Waals surface area contributed by atoms with Gasteiger partial charge in [-0.2, -0.15) is 0 Å². The Labute approximate surface area is 75.1 Å². The number of unbranched alkanes of at least 4 members (excludes halogenated alkanes) is 1. The average molecular weight is 179 g/mol. The van der Waals surface area contributed by atoms with Crippen molar-refractivity contribution in [1.82, 2.24) is 0 Å². The summed E-state index contributed by atoms with van der Waals surface area (Å²) in [7, 11) is 0. The topological polar surface area (TPSA) is 9.23 Å². The van der Waals surface area contributed by atoms with Gasteiger partial charge in [0.2, 0.25) is 0 Å². The molecule has 2 heteroatoms. The van der Waals surface area contributed by atoms with E-state index in [2.05, 4.69) is 6.92 Å². The van der Waals surface area contributed by atoms with Gasteiger partial charge in [-0.25, -0.2) is 0 Å². The van der Waals surface area contributed by atoms with Crippen molar-refractivity contribution in [3.05, 3.63) is 0 Å². The monoisotopic (exact) mass is 178 g/mol. The number of halogens is 1. The Hall–Kier alpha value is 0.250. The van der Waals surface area contributed by atoms with Crippen LogP contribution in [0.5, 0.6) is 0 Å². The third-order valence-corrected chi connectivity index (χ3v) is 1.83. The second kappa shape index (κ2) is 10.2. The van der Waals surface area contributed by atoms with Crippen molar-refractivity contribution in [1.29, 1.82) is 0 Å². The van der Waals surface area contributed by atoms with Crippen LogP contribution < -0.4 is 0 Å². The van der Waals surface area contributed by atoms with Crippen LogP contribution in [0.4, 0.5) is 0 Å². The maximum atomic E-state index is 5.30. The van der Waals surface area contributed by atoms with Gasteiger partial charge < -0.3 is 4.74 Å². The Morgan fingerprint density at radius 1 is 1.18 bits per heavy atom. The molecule has 1 rings (SSSR count). The highest BCUT2D eigenvalue weighted by atomic mass is 35.5.